The third-order valence-corrected chi connectivity index (χ3v) is 2.10. The molecule has 0 fully saturated rings. The molecule has 4 heteroatoms. The highest BCUT2D eigenvalue weighted by atomic mass is 19.1. The lowest BCUT2D eigenvalue weighted by Crippen LogP contribution is -2.19. The van der Waals surface area contributed by atoms with Crippen LogP contribution in [0.1, 0.15) is 5.56 Å². The van der Waals surface area contributed by atoms with Gasteiger partial charge in [-0.3, -0.25) is 4.99 Å². The Morgan fingerprint density at radius 3 is 2.93 bits per heavy atom. The topological polar surface area (TPSA) is 33.6 Å². The molecule has 0 spiro atoms. The molecule has 0 unspecified atom stereocenters. The minimum Gasteiger partial charge on any atom is -0.494 e. The van der Waals surface area contributed by atoms with Crippen molar-refractivity contribution in [2.75, 3.05) is 20.2 Å². The average molecular weight is 194 g/mol. The van der Waals surface area contributed by atoms with E-state index < -0.39 is 0 Å². The number of amidine groups is 1. The van der Waals surface area contributed by atoms with Gasteiger partial charge in [-0.25, -0.2) is 4.39 Å². The van der Waals surface area contributed by atoms with Crippen molar-refractivity contribution in [1.29, 1.82) is 0 Å². The summed E-state index contributed by atoms with van der Waals surface area (Å²) in [6, 6.07) is 4.82. The molecule has 0 amide bonds. The summed E-state index contributed by atoms with van der Waals surface area (Å²) in [6.45, 7) is 1.58. The van der Waals surface area contributed by atoms with E-state index in [4.69, 9.17) is 4.74 Å². The second-order valence-electron chi connectivity index (χ2n) is 3.01. The van der Waals surface area contributed by atoms with Gasteiger partial charge in [0.1, 0.15) is 5.84 Å². The van der Waals surface area contributed by atoms with Gasteiger partial charge in [0.15, 0.2) is 11.6 Å². The fourth-order valence-electron chi connectivity index (χ4n) is 1.40. The van der Waals surface area contributed by atoms with Crippen LogP contribution < -0.4 is 10.1 Å². The minimum atomic E-state index is -0.360. The number of hydrogen-bond acceptors (Lipinski definition) is 3. The average Bonchev–Trinajstić information content (AvgIpc) is 2.70. The first-order valence-electron chi connectivity index (χ1n) is 4.43. The first kappa shape index (κ1) is 8.99. The highest BCUT2D eigenvalue weighted by Crippen LogP contribution is 2.18. The Kier molecular flexibility index (Phi) is 2.35. The fourth-order valence-corrected chi connectivity index (χ4v) is 1.40. The maximum absolute atomic E-state index is 13.3. The van der Waals surface area contributed by atoms with Crippen molar-refractivity contribution in [2.45, 2.75) is 0 Å². The molecule has 0 atom stereocenters. The number of benzene rings is 1. The predicted molar refractivity (Wildman–Crippen MR) is 52.4 cm³/mol. The van der Waals surface area contributed by atoms with Crippen molar-refractivity contribution < 1.29 is 9.13 Å². The first-order valence-corrected chi connectivity index (χ1v) is 4.43. The summed E-state index contributed by atoms with van der Waals surface area (Å²) in [5, 5.41) is 3.08. The van der Waals surface area contributed by atoms with Gasteiger partial charge in [0.05, 0.1) is 13.7 Å². The van der Waals surface area contributed by atoms with Crippen molar-refractivity contribution in [1.82, 2.24) is 5.32 Å². The molecule has 0 saturated heterocycles. The molecule has 1 N–H and O–H groups in total. The van der Waals surface area contributed by atoms with Crippen LogP contribution in [-0.2, 0) is 0 Å². The van der Waals surface area contributed by atoms with Crippen LogP contribution >= 0.6 is 0 Å². The number of ether oxygens (including phenoxy) is 1. The Morgan fingerprint density at radius 2 is 2.36 bits per heavy atom. The van der Waals surface area contributed by atoms with E-state index in [1.807, 2.05) is 0 Å². The fraction of sp³-hybridized carbons (Fsp3) is 0.300. The molecule has 1 aliphatic heterocycles. The lowest BCUT2D eigenvalue weighted by Gasteiger charge is -2.05. The molecule has 74 valence electrons. The summed E-state index contributed by atoms with van der Waals surface area (Å²) in [5.41, 5.74) is 0.765. The van der Waals surface area contributed by atoms with E-state index in [9.17, 15) is 4.39 Å². The zero-order chi connectivity index (χ0) is 9.97. The summed E-state index contributed by atoms with van der Waals surface area (Å²) in [5.74, 6) is 0.653. The van der Waals surface area contributed by atoms with Crippen molar-refractivity contribution in [3.63, 3.8) is 0 Å². The molecular weight excluding hydrogens is 183 g/mol. The Balaban J connectivity index is 2.32. The van der Waals surface area contributed by atoms with E-state index in [0.29, 0.717) is 0 Å². The van der Waals surface area contributed by atoms with Gasteiger partial charge in [-0.15, -0.1) is 0 Å². The van der Waals surface area contributed by atoms with Gasteiger partial charge in [-0.2, -0.15) is 0 Å². The molecule has 0 saturated carbocycles. The van der Waals surface area contributed by atoms with Crippen LogP contribution in [0.2, 0.25) is 0 Å². The molecule has 3 nitrogen and oxygen atoms in total. The van der Waals surface area contributed by atoms with Crippen molar-refractivity contribution in [3.05, 3.63) is 29.6 Å². The van der Waals surface area contributed by atoms with Crippen LogP contribution in [0.4, 0.5) is 4.39 Å². The van der Waals surface area contributed by atoms with Crippen molar-refractivity contribution in [3.8, 4) is 5.75 Å². The summed E-state index contributed by atoms with van der Waals surface area (Å²) < 4.78 is 18.1. The molecule has 0 aliphatic carbocycles. The van der Waals surface area contributed by atoms with Crippen LogP contribution in [-0.4, -0.2) is 26.0 Å². The second kappa shape index (κ2) is 3.65. The summed E-state index contributed by atoms with van der Waals surface area (Å²) >= 11 is 0. The van der Waals surface area contributed by atoms with E-state index in [1.165, 1.54) is 13.2 Å². The molecule has 1 aromatic rings. The van der Waals surface area contributed by atoms with Gasteiger partial charge in [0.2, 0.25) is 0 Å². The smallest absolute Gasteiger partial charge is 0.165 e. The Morgan fingerprint density at radius 1 is 1.50 bits per heavy atom. The quantitative estimate of drug-likeness (QED) is 0.767. The number of hydrogen-bond donors (Lipinski definition) is 1. The van der Waals surface area contributed by atoms with Crippen LogP contribution in [0.25, 0.3) is 0 Å². The standard InChI is InChI=1S/C10H11FN2O/c1-14-9-3-2-7(6-8(9)11)10-12-4-5-13-10/h2-3,6H,4-5H2,1H3,(H,12,13). The van der Waals surface area contributed by atoms with Gasteiger partial charge in [0, 0.05) is 12.1 Å². The van der Waals surface area contributed by atoms with Crippen LogP contribution in [0.15, 0.2) is 23.2 Å². The molecule has 0 radical (unpaired) electrons. The highest BCUT2D eigenvalue weighted by Gasteiger charge is 2.10. The Labute approximate surface area is 81.6 Å². The van der Waals surface area contributed by atoms with Gasteiger partial charge in [-0.1, -0.05) is 0 Å². The third-order valence-electron chi connectivity index (χ3n) is 2.10. The maximum atomic E-state index is 13.3. The van der Waals surface area contributed by atoms with Crippen molar-refractivity contribution >= 4 is 5.84 Å². The van der Waals surface area contributed by atoms with Gasteiger partial charge in [-0.05, 0) is 18.2 Å². The predicted octanol–water partition coefficient (Wildman–Crippen LogP) is 1.18. The van der Waals surface area contributed by atoms with Crippen molar-refractivity contribution in [2.24, 2.45) is 4.99 Å². The molecule has 14 heavy (non-hydrogen) atoms. The monoisotopic (exact) mass is 194 g/mol. The van der Waals surface area contributed by atoms with E-state index in [-0.39, 0.29) is 11.6 Å². The van der Waals surface area contributed by atoms with E-state index in [0.717, 1.165) is 24.5 Å². The minimum absolute atomic E-state index is 0.257. The zero-order valence-electron chi connectivity index (χ0n) is 7.88. The summed E-state index contributed by atoms with van der Waals surface area (Å²) in [7, 11) is 1.45. The van der Waals surface area contributed by atoms with E-state index in [2.05, 4.69) is 10.3 Å². The number of rotatable bonds is 2. The molecule has 2 rings (SSSR count). The molecule has 1 aromatic carbocycles. The van der Waals surface area contributed by atoms with E-state index in [1.54, 1.807) is 12.1 Å². The third kappa shape index (κ3) is 1.55. The molecule has 0 aromatic heterocycles. The SMILES string of the molecule is COc1ccc(C2=NCCN2)cc1F. The summed E-state index contributed by atoms with van der Waals surface area (Å²) in [4.78, 5) is 4.20. The van der Waals surface area contributed by atoms with Gasteiger partial charge >= 0.3 is 0 Å². The number of aliphatic imine (C=N–C) groups is 1. The molecular formula is C10H11FN2O. The zero-order valence-corrected chi connectivity index (χ0v) is 7.88. The Hall–Kier alpha value is -1.58. The molecule has 0 bridgehead atoms. The number of methoxy groups -OCH3 is 1. The van der Waals surface area contributed by atoms with E-state index >= 15 is 0 Å². The van der Waals surface area contributed by atoms with Crippen LogP contribution in [0.3, 0.4) is 0 Å². The molecule has 1 aliphatic rings. The Bertz CT molecular complexity index is 376. The normalized spacial score (nSPS) is 14.9. The lowest BCUT2D eigenvalue weighted by molar-refractivity contribution is 0.386. The maximum Gasteiger partial charge on any atom is 0.165 e. The second-order valence-corrected chi connectivity index (χ2v) is 3.01. The van der Waals surface area contributed by atoms with Crippen LogP contribution in [0, 0.1) is 5.82 Å². The number of nitrogens with zero attached hydrogens (tertiary/aromatic N) is 1. The summed E-state index contributed by atoms with van der Waals surface area (Å²) in [6.07, 6.45) is 0. The van der Waals surface area contributed by atoms with Crippen LogP contribution in [0.5, 0.6) is 5.75 Å². The number of halogens is 1. The lowest BCUT2D eigenvalue weighted by atomic mass is 10.2. The van der Waals surface area contributed by atoms with Gasteiger partial charge < -0.3 is 10.1 Å². The first-order chi connectivity index (χ1) is 6.81. The van der Waals surface area contributed by atoms with Gasteiger partial charge in [0.25, 0.3) is 0 Å². The highest BCUT2D eigenvalue weighted by molar-refractivity contribution is 5.99. The number of nitrogens with one attached hydrogen (secondary N) is 1. The molecule has 1 heterocycles. The largest absolute Gasteiger partial charge is 0.494 e.